The summed E-state index contributed by atoms with van der Waals surface area (Å²) in [4.78, 5) is 21.3. The molecule has 0 N–H and O–H groups in total. The Hall–Kier alpha value is -0.940. The van der Waals surface area contributed by atoms with Gasteiger partial charge in [0.25, 0.3) is 5.91 Å². The summed E-state index contributed by atoms with van der Waals surface area (Å²) in [7, 11) is 1.52. The van der Waals surface area contributed by atoms with Gasteiger partial charge in [-0.3, -0.25) is 9.63 Å². The fourth-order valence-corrected chi connectivity index (χ4v) is 1.88. The normalized spacial score (nSPS) is 12.2. The molecule has 1 unspecified atom stereocenters. The van der Waals surface area contributed by atoms with Gasteiger partial charge in [0.1, 0.15) is 4.60 Å². The number of rotatable bonds is 5. The maximum absolute atomic E-state index is 12.0. The minimum atomic E-state index is -0.0597. The second-order valence-electron chi connectivity index (χ2n) is 3.79. The van der Waals surface area contributed by atoms with Crippen LogP contribution in [-0.2, 0) is 16.1 Å². The molecule has 0 aliphatic rings. The van der Waals surface area contributed by atoms with Crippen molar-refractivity contribution in [3.05, 3.63) is 28.5 Å². The number of nitrogens with zero attached hydrogens (tertiary/aromatic N) is 2. The van der Waals surface area contributed by atoms with E-state index in [9.17, 15) is 4.79 Å². The van der Waals surface area contributed by atoms with Gasteiger partial charge in [-0.15, -0.1) is 0 Å². The molecule has 5 heteroatoms. The van der Waals surface area contributed by atoms with Crippen molar-refractivity contribution in [2.75, 3.05) is 7.11 Å². The Morgan fingerprint density at radius 2 is 2.35 bits per heavy atom. The summed E-state index contributed by atoms with van der Waals surface area (Å²) >= 11 is 3.33. The van der Waals surface area contributed by atoms with Crippen molar-refractivity contribution in [3.8, 4) is 0 Å². The van der Waals surface area contributed by atoms with E-state index in [1.807, 2.05) is 26.0 Å². The molecule has 1 amide bonds. The minimum absolute atomic E-state index is 0.0597. The smallest absolute Gasteiger partial charge is 0.250 e. The van der Waals surface area contributed by atoms with Crippen LogP contribution in [-0.4, -0.2) is 29.1 Å². The van der Waals surface area contributed by atoms with Crippen LogP contribution in [0, 0.1) is 0 Å². The standard InChI is InChI=1S/C12H17BrN2O2/c1-4-9(2)15(17-3)11(16)8-10-6-5-7-14-12(10)13/h5-7,9H,4,8H2,1-3H3. The van der Waals surface area contributed by atoms with Crippen molar-refractivity contribution in [1.82, 2.24) is 10.0 Å². The van der Waals surface area contributed by atoms with Crippen LogP contribution in [0.1, 0.15) is 25.8 Å². The monoisotopic (exact) mass is 300 g/mol. The molecular weight excluding hydrogens is 284 g/mol. The van der Waals surface area contributed by atoms with Gasteiger partial charge in [-0.05, 0) is 40.9 Å². The van der Waals surface area contributed by atoms with Crippen LogP contribution in [0.5, 0.6) is 0 Å². The zero-order valence-electron chi connectivity index (χ0n) is 10.3. The van der Waals surface area contributed by atoms with Gasteiger partial charge in [0.2, 0.25) is 0 Å². The number of aromatic nitrogens is 1. The third-order valence-corrected chi connectivity index (χ3v) is 3.33. The number of hydrogen-bond donors (Lipinski definition) is 0. The molecule has 17 heavy (non-hydrogen) atoms. The topological polar surface area (TPSA) is 42.4 Å². The predicted octanol–water partition coefficient (Wildman–Crippen LogP) is 2.58. The summed E-state index contributed by atoms with van der Waals surface area (Å²) in [5.41, 5.74) is 0.864. The fraction of sp³-hybridized carbons (Fsp3) is 0.500. The van der Waals surface area contributed by atoms with Gasteiger partial charge in [-0.25, -0.2) is 10.0 Å². The molecule has 0 aromatic carbocycles. The number of amides is 1. The van der Waals surface area contributed by atoms with Crippen LogP contribution in [0.3, 0.4) is 0 Å². The molecule has 0 spiro atoms. The lowest BCUT2D eigenvalue weighted by Gasteiger charge is -2.25. The Morgan fingerprint density at radius 1 is 1.65 bits per heavy atom. The molecule has 94 valence electrons. The fourth-order valence-electron chi connectivity index (χ4n) is 1.49. The maximum atomic E-state index is 12.0. The number of carbonyl (C=O) groups excluding carboxylic acids is 1. The largest absolute Gasteiger partial charge is 0.274 e. The average molecular weight is 301 g/mol. The maximum Gasteiger partial charge on any atom is 0.250 e. The van der Waals surface area contributed by atoms with E-state index < -0.39 is 0 Å². The highest BCUT2D eigenvalue weighted by atomic mass is 79.9. The van der Waals surface area contributed by atoms with Crippen molar-refractivity contribution in [1.29, 1.82) is 0 Å². The molecule has 1 heterocycles. The van der Waals surface area contributed by atoms with E-state index in [-0.39, 0.29) is 18.4 Å². The van der Waals surface area contributed by atoms with Gasteiger partial charge >= 0.3 is 0 Å². The van der Waals surface area contributed by atoms with Gasteiger partial charge in [-0.2, -0.15) is 0 Å². The summed E-state index contributed by atoms with van der Waals surface area (Å²) in [6.07, 6.45) is 2.82. The zero-order chi connectivity index (χ0) is 12.8. The molecule has 1 rings (SSSR count). The lowest BCUT2D eigenvalue weighted by Crippen LogP contribution is -2.38. The third kappa shape index (κ3) is 3.78. The average Bonchev–Trinajstić information content (AvgIpc) is 2.32. The van der Waals surface area contributed by atoms with E-state index in [1.54, 1.807) is 6.20 Å². The van der Waals surface area contributed by atoms with E-state index in [0.29, 0.717) is 4.60 Å². The Bertz CT molecular complexity index is 385. The Kier molecular flexibility index (Phi) is 5.58. The van der Waals surface area contributed by atoms with Crippen LogP contribution in [0.15, 0.2) is 22.9 Å². The Balaban J connectivity index is 2.74. The lowest BCUT2D eigenvalue weighted by atomic mass is 10.2. The molecule has 0 radical (unpaired) electrons. The van der Waals surface area contributed by atoms with Crippen LogP contribution in [0.25, 0.3) is 0 Å². The van der Waals surface area contributed by atoms with Crippen LogP contribution in [0.4, 0.5) is 0 Å². The molecule has 0 fully saturated rings. The highest BCUT2D eigenvalue weighted by Gasteiger charge is 2.19. The summed E-state index contributed by atoms with van der Waals surface area (Å²) in [6, 6.07) is 3.76. The molecule has 1 atom stereocenters. The van der Waals surface area contributed by atoms with E-state index in [0.717, 1.165) is 12.0 Å². The second-order valence-corrected chi connectivity index (χ2v) is 4.54. The van der Waals surface area contributed by atoms with Crippen molar-refractivity contribution in [2.24, 2.45) is 0 Å². The summed E-state index contributed by atoms with van der Waals surface area (Å²) in [5, 5.41) is 1.42. The molecule has 1 aromatic rings. The molecule has 0 saturated carbocycles. The molecule has 0 saturated heterocycles. The first-order valence-electron chi connectivity index (χ1n) is 5.55. The SMILES string of the molecule is CCC(C)N(OC)C(=O)Cc1cccnc1Br. The van der Waals surface area contributed by atoms with Gasteiger partial charge in [-0.1, -0.05) is 13.0 Å². The molecule has 4 nitrogen and oxygen atoms in total. The molecule has 0 aliphatic heterocycles. The first-order chi connectivity index (χ1) is 8.10. The molecule has 1 aromatic heterocycles. The first kappa shape index (κ1) is 14.1. The first-order valence-corrected chi connectivity index (χ1v) is 6.35. The zero-order valence-corrected chi connectivity index (χ0v) is 11.9. The van der Waals surface area contributed by atoms with Crippen LogP contribution < -0.4 is 0 Å². The van der Waals surface area contributed by atoms with Crippen molar-refractivity contribution >= 4 is 21.8 Å². The van der Waals surface area contributed by atoms with Crippen molar-refractivity contribution < 1.29 is 9.63 Å². The number of carbonyl (C=O) groups is 1. The summed E-state index contributed by atoms with van der Waals surface area (Å²) in [6.45, 7) is 3.98. The molecule has 0 bridgehead atoms. The van der Waals surface area contributed by atoms with E-state index in [4.69, 9.17) is 4.84 Å². The number of hydrogen-bond acceptors (Lipinski definition) is 3. The van der Waals surface area contributed by atoms with Crippen LogP contribution in [0.2, 0.25) is 0 Å². The van der Waals surface area contributed by atoms with E-state index >= 15 is 0 Å². The van der Waals surface area contributed by atoms with E-state index in [1.165, 1.54) is 12.2 Å². The highest BCUT2D eigenvalue weighted by Crippen LogP contribution is 2.15. The molecular formula is C12H17BrN2O2. The third-order valence-electron chi connectivity index (χ3n) is 2.61. The predicted molar refractivity (Wildman–Crippen MR) is 69.2 cm³/mol. The van der Waals surface area contributed by atoms with Gasteiger partial charge in [0.15, 0.2) is 0 Å². The van der Waals surface area contributed by atoms with Gasteiger partial charge in [0, 0.05) is 6.20 Å². The summed E-state index contributed by atoms with van der Waals surface area (Å²) < 4.78 is 0.702. The van der Waals surface area contributed by atoms with Crippen LogP contribution >= 0.6 is 15.9 Å². The molecule has 0 aliphatic carbocycles. The number of hydroxylamine groups is 2. The minimum Gasteiger partial charge on any atom is -0.274 e. The quantitative estimate of drug-likeness (QED) is 0.620. The Morgan fingerprint density at radius 3 is 2.88 bits per heavy atom. The van der Waals surface area contributed by atoms with Gasteiger partial charge in [0.05, 0.1) is 19.6 Å². The van der Waals surface area contributed by atoms with Crippen molar-refractivity contribution in [3.63, 3.8) is 0 Å². The highest BCUT2D eigenvalue weighted by molar-refractivity contribution is 9.10. The number of halogens is 1. The van der Waals surface area contributed by atoms with E-state index in [2.05, 4.69) is 20.9 Å². The van der Waals surface area contributed by atoms with Crippen molar-refractivity contribution in [2.45, 2.75) is 32.7 Å². The lowest BCUT2D eigenvalue weighted by molar-refractivity contribution is -0.186. The summed E-state index contributed by atoms with van der Waals surface area (Å²) in [5.74, 6) is -0.0597. The Labute approximate surface area is 110 Å². The van der Waals surface area contributed by atoms with Gasteiger partial charge < -0.3 is 0 Å². The number of pyridine rings is 1. The second kappa shape index (κ2) is 6.71.